The molecule has 136 valence electrons. The highest BCUT2D eigenvalue weighted by Gasteiger charge is 2.29. The van der Waals surface area contributed by atoms with Crippen molar-refractivity contribution in [2.24, 2.45) is 5.92 Å². The van der Waals surface area contributed by atoms with Crippen molar-refractivity contribution < 1.29 is 8.42 Å². The maximum absolute atomic E-state index is 12.8. The van der Waals surface area contributed by atoms with Gasteiger partial charge < -0.3 is 5.32 Å². The molecule has 9 nitrogen and oxygen atoms in total. The van der Waals surface area contributed by atoms with E-state index in [0.29, 0.717) is 19.0 Å². The van der Waals surface area contributed by atoms with Crippen molar-refractivity contribution in [2.45, 2.75) is 24.7 Å². The molecule has 1 aliphatic heterocycles. The Morgan fingerprint density at radius 2 is 2.00 bits per heavy atom. The molecule has 3 N–H and O–H groups in total. The highest BCUT2D eigenvalue weighted by Crippen LogP contribution is 2.23. The van der Waals surface area contributed by atoms with Gasteiger partial charge in [-0.05, 0) is 37.9 Å². The first-order chi connectivity index (χ1) is 11.9. The van der Waals surface area contributed by atoms with Crippen LogP contribution in [-0.2, 0) is 10.0 Å². The Balaban J connectivity index is 1.85. The molecule has 25 heavy (non-hydrogen) atoms. The first-order valence-corrected chi connectivity index (χ1v) is 9.69. The number of fused-ring (bicyclic) bond motifs is 1. The summed E-state index contributed by atoms with van der Waals surface area (Å²) in [5, 5.41) is 3.33. The minimum Gasteiger partial charge on any atom is -0.317 e. The molecule has 0 aliphatic carbocycles. The fourth-order valence-electron chi connectivity index (χ4n) is 3.02. The number of H-pyrrole nitrogens is 2. The third-order valence-electron chi connectivity index (χ3n) is 4.46. The van der Waals surface area contributed by atoms with Gasteiger partial charge in [0.25, 0.3) is 5.56 Å². The topological polar surface area (TPSA) is 128 Å². The zero-order valence-corrected chi connectivity index (χ0v) is 14.7. The second-order valence-corrected chi connectivity index (χ2v) is 8.07. The standard InChI is InChI=1S/C15H21N5O4S/c1-2-16-8-10-3-5-20(6-4-10)25(23,24)11-7-12-13(17-9-11)18-15(22)19-14(12)21/h7,9-10,16H,2-6,8H2,1H3,(H2,17,18,19,21,22). The zero-order valence-electron chi connectivity index (χ0n) is 13.9. The van der Waals surface area contributed by atoms with Crippen molar-refractivity contribution in [3.8, 4) is 0 Å². The Hall–Kier alpha value is -2.04. The van der Waals surface area contributed by atoms with Crippen LogP contribution in [0.2, 0.25) is 0 Å². The van der Waals surface area contributed by atoms with Gasteiger partial charge in [0, 0.05) is 19.3 Å². The van der Waals surface area contributed by atoms with Gasteiger partial charge in [-0.1, -0.05) is 6.92 Å². The molecular formula is C15H21N5O4S. The van der Waals surface area contributed by atoms with Crippen LogP contribution in [0, 0.1) is 5.92 Å². The fourth-order valence-corrected chi connectivity index (χ4v) is 4.46. The Morgan fingerprint density at radius 3 is 2.68 bits per heavy atom. The summed E-state index contributed by atoms with van der Waals surface area (Å²) in [5.74, 6) is 0.467. The number of hydrogen-bond acceptors (Lipinski definition) is 6. The molecule has 3 rings (SSSR count). The van der Waals surface area contributed by atoms with Crippen LogP contribution >= 0.6 is 0 Å². The number of aromatic amines is 2. The molecule has 1 fully saturated rings. The van der Waals surface area contributed by atoms with Crippen LogP contribution in [0.3, 0.4) is 0 Å². The molecule has 1 aliphatic rings. The predicted octanol–water partition coefficient (Wildman–Crippen LogP) is -0.378. The number of sulfonamides is 1. The van der Waals surface area contributed by atoms with Gasteiger partial charge in [0.1, 0.15) is 10.5 Å². The molecule has 0 radical (unpaired) electrons. The maximum Gasteiger partial charge on any atom is 0.327 e. The van der Waals surface area contributed by atoms with Crippen LogP contribution in [0.4, 0.5) is 0 Å². The van der Waals surface area contributed by atoms with E-state index in [1.807, 2.05) is 6.92 Å². The average molecular weight is 367 g/mol. The minimum absolute atomic E-state index is 0.0392. The van der Waals surface area contributed by atoms with Crippen LogP contribution in [0.15, 0.2) is 26.7 Å². The summed E-state index contributed by atoms with van der Waals surface area (Å²) in [6.07, 6.45) is 2.76. The number of nitrogens with one attached hydrogen (secondary N) is 3. The smallest absolute Gasteiger partial charge is 0.317 e. The number of hydrogen-bond donors (Lipinski definition) is 3. The average Bonchev–Trinajstić information content (AvgIpc) is 2.60. The Bertz CT molecular complexity index is 973. The second-order valence-electron chi connectivity index (χ2n) is 6.13. The molecule has 10 heteroatoms. The SMILES string of the molecule is CCNCC1CCN(S(=O)(=O)c2cnc3[nH]c(=O)[nH]c(=O)c3c2)CC1. The highest BCUT2D eigenvalue weighted by molar-refractivity contribution is 7.89. The molecular weight excluding hydrogens is 346 g/mol. The van der Waals surface area contributed by atoms with Gasteiger partial charge >= 0.3 is 5.69 Å². The van der Waals surface area contributed by atoms with Crippen LogP contribution < -0.4 is 16.6 Å². The highest BCUT2D eigenvalue weighted by atomic mass is 32.2. The Kier molecular flexibility index (Phi) is 5.02. The van der Waals surface area contributed by atoms with E-state index in [-0.39, 0.29) is 15.9 Å². The van der Waals surface area contributed by atoms with Gasteiger partial charge in [-0.3, -0.25) is 14.8 Å². The molecule has 0 atom stereocenters. The summed E-state index contributed by atoms with van der Waals surface area (Å²) in [6, 6.07) is 1.26. The molecule has 2 aromatic rings. The molecule has 0 bridgehead atoms. The predicted molar refractivity (Wildman–Crippen MR) is 93.0 cm³/mol. The number of rotatable bonds is 5. The lowest BCUT2D eigenvalue weighted by atomic mass is 9.98. The first-order valence-electron chi connectivity index (χ1n) is 8.25. The summed E-state index contributed by atoms with van der Waals surface area (Å²) in [5.41, 5.74) is -1.27. The molecule has 3 heterocycles. The van der Waals surface area contributed by atoms with Gasteiger partial charge in [0.05, 0.1) is 5.39 Å². The largest absolute Gasteiger partial charge is 0.327 e. The number of piperidine rings is 1. The quantitative estimate of drug-likeness (QED) is 0.661. The molecule has 1 saturated heterocycles. The van der Waals surface area contributed by atoms with Crippen molar-refractivity contribution in [1.82, 2.24) is 24.6 Å². The molecule has 0 saturated carbocycles. The van der Waals surface area contributed by atoms with Crippen LogP contribution in [-0.4, -0.2) is 53.9 Å². The van der Waals surface area contributed by atoms with E-state index < -0.39 is 21.3 Å². The fraction of sp³-hybridized carbons (Fsp3) is 0.533. The lowest BCUT2D eigenvalue weighted by molar-refractivity contribution is 0.268. The van der Waals surface area contributed by atoms with Gasteiger partial charge in [0.15, 0.2) is 0 Å². The third kappa shape index (κ3) is 3.65. The van der Waals surface area contributed by atoms with Gasteiger partial charge in [0.2, 0.25) is 10.0 Å². The van der Waals surface area contributed by atoms with E-state index in [1.54, 1.807) is 0 Å². The number of aromatic nitrogens is 3. The summed E-state index contributed by atoms with van der Waals surface area (Å²) in [6.45, 7) is 4.72. The second kappa shape index (κ2) is 7.06. The third-order valence-corrected chi connectivity index (χ3v) is 6.32. The molecule has 2 aromatic heterocycles. The minimum atomic E-state index is -3.72. The summed E-state index contributed by atoms with van der Waals surface area (Å²) >= 11 is 0. The van der Waals surface area contributed by atoms with E-state index in [2.05, 4.69) is 20.3 Å². The molecule has 0 unspecified atom stereocenters. The maximum atomic E-state index is 12.8. The molecule has 0 aromatic carbocycles. The van der Waals surface area contributed by atoms with Gasteiger partial charge in [-0.15, -0.1) is 0 Å². The van der Waals surface area contributed by atoms with Crippen molar-refractivity contribution in [2.75, 3.05) is 26.2 Å². The van der Waals surface area contributed by atoms with Crippen LogP contribution in [0.5, 0.6) is 0 Å². The monoisotopic (exact) mass is 367 g/mol. The zero-order chi connectivity index (χ0) is 18.0. The lowest BCUT2D eigenvalue weighted by Crippen LogP contribution is -2.40. The lowest BCUT2D eigenvalue weighted by Gasteiger charge is -2.31. The number of nitrogens with zero attached hydrogens (tertiary/aromatic N) is 2. The molecule has 0 amide bonds. The molecule has 0 spiro atoms. The van der Waals surface area contributed by atoms with Crippen molar-refractivity contribution >= 4 is 21.1 Å². The van der Waals surface area contributed by atoms with E-state index in [4.69, 9.17) is 0 Å². The van der Waals surface area contributed by atoms with Crippen LogP contribution in [0.1, 0.15) is 19.8 Å². The Morgan fingerprint density at radius 1 is 1.28 bits per heavy atom. The van der Waals surface area contributed by atoms with E-state index in [9.17, 15) is 18.0 Å². The van der Waals surface area contributed by atoms with Gasteiger partial charge in [-0.25, -0.2) is 18.2 Å². The van der Waals surface area contributed by atoms with Crippen molar-refractivity contribution in [3.63, 3.8) is 0 Å². The van der Waals surface area contributed by atoms with E-state index in [0.717, 1.165) is 25.9 Å². The van der Waals surface area contributed by atoms with Crippen molar-refractivity contribution in [1.29, 1.82) is 0 Å². The summed E-state index contributed by atoms with van der Waals surface area (Å²) in [7, 11) is -3.72. The van der Waals surface area contributed by atoms with Gasteiger partial charge in [-0.2, -0.15) is 4.31 Å². The summed E-state index contributed by atoms with van der Waals surface area (Å²) < 4.78 is 27.1. The Labute approximate surface area is 144 Å². The van der Waals surface area contributed by atoms with E-state index >= 15 is 0 Å². The van der Waals surface area contributed by atoms with E-state index in [1.165, 1.54) is 16.6 Å². The normalized spacial score (nSPS) is 17.2. The van der Waals surface area contributed by atoms with Crippen LogP contribution in [0.25, 0.3) is 11.0 Å². The van der Waals surface area contributed by atoms with Crippen molar-refractivity contribution in [3.05, 3.63) is 33.1 Å². The first kappa shape index (κ1) is 17.8. The number of pyridine rings is 1. The summed E-state index contributed by atoms with van der Waals surface area (Å²) in [4.78, 5) is 31.5.